The van der Waals surface area contributed by atoms with Crippen LogP contribution < -0.4 is 5.32 Å². The molecule has 3 heterocycles. The van der Waals surface area contributed by atoms with Crippen LogP contribution in [0.1, 0.15) is 38.5 Å². The van der Waals surface area contributed by atoms with Gasteiger partial charge in [0.05, 0.1) is 39.6 Å². The molecule has 3 fully saturated rings. The Morgan fingerprint density at radius 1 is 0.593 bits per heavy atom. The van der Waals surface area contributed by atoms with Crippen molar-refractivity contribution in [2.24, 2.45) is 0 Å². The average Bonchev–Trinajstić information content (AvgIpc) is 3.47. The van der Waals surface area contributed by atoms with E-state index in [1.165, 1.54) is 77.8 Å². The third-order valence-electron chi connectivity index (χ3n) is 4.93. The molecule has 0 aromatic carbocycles. The number of rotatable bonds is 10. The molecule has 0 bridgehead atoms. The van der Waals surface area contributed by atoms with Crippen LogP contribution in [0.4, 0.5) is 0 Å². The van der Waals surface area contributed by atoms with Crippen LogP contribution in [0, 0.1) is 0 Å². The van der Waals surface area contributed by atoms with E-state index >= 15 is 0 Å². The molecule has 0 aromatic rings. The smallest absolute Gasteiger partial charge is 0.0698 e. The molecule has 0 aromatic heterocycles. The largest absolute Gasteiger partial charge is 0.394 e. The highest BCUT2D eigenvalue weighted by Gasteiger charge is 2.12. The maximum Gasteiger partial charge on any atom is 0.0698 e. The van der Waals surface area contributed by atoms with Crippen molar-refractivity contribution in [2.45, 2.75) is 38.5 Å². The Kier molecular flexibility index (Phi) is 17.5. The molecule has 3 N–H and O–H groups in total. The first-order chi connectivity index (χ1) is 13.4. The van der Waals surface area contributed by atoms with Crippen molar-refractivity contribution in [3.8, 4) is 0 Å². The van der Waals surface area contributed by atoms with Crippen molar-refractivity contribution >= 4 is 0 Å². The van der Waals surface area contributed by atoms with Crippen LogP contribution in [0.15, 0.2) is 0 Å². The summed E-state index contributed by atoms with van der Waals surface area (Å²) in [5.41, 5.74) is 0. The van der Waals surface area contributed by atoms with E-state index in [1.807, 2.05) is 0 Å². The third-order valence-corrected chi connectivity index (χ3v) is 4.93. The second kappa shape index (κ2) is 19.1. The molecule has 7 heteroatoms. The summed E-state index contributed by atoms with van der Waals surface area (Å²) in [7, 11) is 0. The molecule has 0 amide bonds. The van der Waals surface area contributed by atoms with Gasteiger partial charge in [0, 0.05) is 13.1 Å². The fourth-order valence-corrected chi connectivity index (χ4v) is 3.36. The number of hydrogen-bond donors (Lipinski definition) is 3. The van der Waals surface area contributed by atoms with Crippen molar-refractivity contribution in [3.63, 3.8) is 0 Å². The Bertz CT molecular complexity index is 265. The summed E-state index contributed by atoms with van der Waals surface area (Å²) in [6.07, 6.45) is 8.31. The molecular weight excluding hydrogens is 346 g/mol. The zero-order chi connectivity index (χ0) is 19.4. The monoisotopic (exact) mass is 389 g/mol. The molecule has 0 unspecified atom stereocenters. The zero-order valence-electron chi connectivity index (χ0n) is 17.2. The Labute approximate surface area is 166 Å². The molecule has 3 aliphatic rings. The van der Waals surface area contributed by atoms with Crippen LogP contribution in [-0.4, -0.2) is 112 Å². The molecule has 0 aliphatic carbocycles. The number of ether oxygens (including phenoxy) is 2. The normalized spacial score (nSPS) is 20.2. The number of hydrogen-bond acceptors (Lipinski definition) is 7. The number of nitrogens with one attached hydrogen (secondary N) is 1. The second-order valence-corrected chi connectivity index (χ2v) is 7.23. The summed E-state index contributed by atoms with van der Waals surface area (Å²) in [4.78, 5) is 5.02. The van der Waals surface area contributed by atoms with Gasteiger partial charge in [0.1, 0.15) is 0 Å². The molecule has 7 nitrogen and oxygen atoms in total. The predicted octanol–water partition coefficient (Wildman–Crippen LogP) is 0.552. The second-order valence-electron chi connectivity index (χ2n) is 7.23. The number of aliphatic hydroxyl groups excluding tert-OH is 2. The summed E-state index contributed by atoms with van der Waals surface area (Å²) >= 11 is 0. The lowest BCUT2D eigenvalue weighted by atomic mass is 10.4. The van der Waals surface area contributed by atoms with Crippen molar-refractivity contribution in [2.75, 3.05) is 92.0 Å². The minimum atomic E-state index is 0.0278. The van der Waals surface area contributed by atoms with Gasteiger partial charge in [-0.3, -0.25) is 0 Å². The maximum atomic E-state index is 8.09. The van der Waals surface area contributed by atoms with Gasteiger partial charge in [0.15, 0.2) is 0 Å². The molecule has 0 atom stereocenters. The Balaban J connectivity index is 0.000000251. The molecule has 162 valence electrons. The number of likely N-dealkylation sites (tertiary alicyclic amines) is 2. The van der Waals surface area contributed by atoms with E-state index in [2.05, 4.69) is 19.9 Å². The first-order valence-electron chi connectivity index (χ1n) is 10.9. The summed E-state index contributed by atoms with van der Waals surface area (Å²) in [6.45, 7) is 12.5. The zero-order valence-corrected chi connectivity index (χ0v) is 17.2. The van der Waals surface area contributed by atoms with Crippen molar-refractivity contribution in [1.29, 1.82) is 0 Å². The average molecular weight is 390 g/mol. The molecule has 3 aliphatic heterocycles. The molecule has 0 spiro atoms. The Morgan fingerprint density at radius 3 is 1.33 bits per heavy atom. The van der Waals surface area contributed by atoms with Crippen molar-refractivity contribution in [3.05, 3.63) is 0 Å². The van der Waals surface area contributed by atoms with Crippen molar-refractivity contribution < 1.29 is 19.7 Å². The van der Waals surface area contributed by atoms with Crippen LogP contribution in [0.25, 0.3) is 0 Å². The van der Waals surface area contributed by atoms with Gasteiger partial charge in [-0.2, -0.15) is 0 Å². The number of aliphatic hydroxyl groups is 2. The first kappa shape index (κ1) is 24.8. The minimum absolute atomic E-state index is 0.0278. The van der Waals surface area contributed by atoms with E-state index in [4.69, 9.17) is 14.9 Å². The molecule has 3 rings (SSSR count). The van der Waals surface area contributed by atoms with Crippen LogP contribution in [0.5, 0.6) is 0 Å². The highest BCUT2D eigenvalue weighted by atomic mass is 16.5. The van der Waals surface area contributed by atoms with Gasteiger partial charge in [0.25, 0.3) is 0 Å². The Morgan fingerprint density at radius 2 is 1.00 bits per heavy atom. The summed E-state index contributed by atoms with van der Waals surface area (Å²) in [5.74, 6) is 0. The fourth-order valence-electron chi connectivity index (χ4n) is 3.36. The van der Waals surface area contributed by atoms with Crippen molar-refractivity contribution in [1.82, 2.24) is 15.1 Å². The lowest BCUT2D eigenvalue weighted by Crippen LogP contribution is -2.27. The highest BCUT2D eigenvalue weighted by Crippen LogP contribution is 2.07. The highest BCUT2D eigenvalue weighted by molar-refractivity contribution is 4.66. The van der Waals surface area contributed by atoms with Gasteiger partial charge in [-0.05, 0) is 77.8 Å². The first-order valence-corrected chi connectivity index (χ1v) is 10.9. The molecule has 3 saturated heterocycles. The molecule has 27 heavy (non-hydrogen) atoms. The Hall–Kier alpha value is -0.280. The summed E-state index contributed by atoms with van der Waals surface area (Å²) in [6, 6.07) is 0. The quantitative estimate of drug-likeness (QED) is 0.471. The van der Waals surface area contributed by atoms with Gasteiger partial charge in [0.2, 0.25) is 0 Å². The van der Waals surface area contributed by atoms with E-state index < -0.39 is 0 Å². The lowest BCUT2D eigenvalue weighted by molar-refractivity contribution is 0.0650. The van der Waals surface area contributed by atoms with E-state index in [1.54, 1.807) is 0 Å². The molecule has 0 saturated carbocycles. The number of nitrogens with zero attached hydrogens (tertiary/aromatic N) is 2. The standard InChI is InChI=1S/C12H24N2O.C4H9N.C4H10O3/c1-2-6-13(5-1)9-11-15-12-10-14-7-3-4-8-14;1-2-4-5-3-1;5-1-3-7-4-2-6/h1-12H2;5H,1-4H2;5-6H,1-4H2. The van der Waals surface area contributed by atoms with Gasteiger partial charge < -0.3 is 34.8 Å². The van der Waals surface area contributed by atoms with E-state index in [9.17, 15) is 0 Å². The van der Waals surface area contributed by atoms with Crippen LogP contribution in [-0.2, 0) is 9.47 Å². The van der Waals surface area contributed by atoms with Crippen LogP contribution in [0.3, 0.4) is 0 Å². The SMILES string of the molecule is C1CCN(CCOCCN2CCCC2)C1.C1CCNC1.OCCOCCO. The van der Waals surface area contributed by atoms with Gasteiger partial charge in [-0.1, -0.05) is 0 Å². The van der Waals surface area contributed by atoms with E-state index in [0.29, 0.717) is 13.2 Å². The van der Waals surface area contributed by atoms with E-state index in [0.717, 1.165) is 26.3 Å². The van der Waals surface area contributed by atoms with Gasteiger partial charge >= 0.3 is 0 Å². The van der Waals surface area contributed by atoms with Gasteiger partial charge in [-0.25, -0.2) is 0 Å². The lowest BCUT2D eigenvalue weighted by Gasteiger charge is -2.16. The predicted molar refractivity (Wildman–Crippen MR) is 109 cm³/mol. The molecule has 0 radical (unpaired) electrons. The maximum absolute atomic E-state index is 8.09. The molecular formula is C20H43N3O4. The van der Waals surface area contributed by atoms with Crippen LogP contribution >= 0.6 is 0 Å². The minimum Gasteiger partial charge on any atom is -0.394 e. The van der Waals surface area contributed by atoms with Gasteiger partial charge in [-0.15, -0.1) is 0 Å². The third kappa shape index (κ3) is 15.3. The summed E-state index contributed by atoms with van der Waals surface area (Å²) in [5, 5.41) is 19.4. The topological polar surface area (TPSA) is 77.4 Å². The fraction of sp³-hybridized carbons (Fsp3) is 1.00. The van der Waals surface area contributed by atoms with E-state index in [-0.39, 0.29) is 13.2 Å². The van der Waals surface area contributed by atoms with Crippen LogP contribution in [0.2, 0.25) is 0 Å². The summed E-state index contributed by atoms with van der Waals surface area (Å²) < 4.78 is 10.3.